The van der Waals surface area contributed by atoms with Crippen molar-refractivity contribution in [3.8, 4) is 0 Å². The summed E-state index contributed by atoms with van der Waals surface area (Å²) in [4.78, 5) is 0. The molecule has 0 saturated carbocycles. The minimum absolute atomic E-state index is 0.144. The Morgan fingerprint density at radius 1 is 1.54 bits per heavy atom. The fraction of sp³-hybridized carbons (Fsp3) is 1.00. The van der Waals surface area contributed by atoms with Crippen LogP contribution in [0, 0.1) is 0 Å². The number of ether oxygens (including phenoxy) is 2. The molecule has 0 spiro atoms. The molecule has 0 radical (unpaired) electrons. The van der Waals surface area contributed by atoms with Crippen molar-refractivity contribution >= 4 is 0 Å². The molecule has 1 heterocycles. The van der Waals surface area contributed by atoms with Crippen LogP contribution in [0.15, 0.2) is 0 Å². The summed E-state index contributed by atoms with van der Waals surface area (Å²) in [6.07, 6.45) is 1.16. The van der Waals surface area contributed by atoms with E-state index in [-0.39, 0.29) is 12.9 Å². The molecule has 4 heteroatoms. The largest absolute Gasteiger partial charge is 0.394 e. The Morgan fingerprint density at radius 3 is 2.85 bits per heavy atom. The molecule has 1 aliphatic rings. The van der Waals surface area contributed by atoms with Gasteiger partial charge in [-0.1, -0.05) is 13.3 Å². The molecule has 4 nitrogen and oxygen atoms in total. The lowest BCUT2D eigenvalue weighted by Crippen LogP contribution is -2.24. The molecule has 78 valence electrons. The Labute approximate surface area is 78.5 Å². The third-order valence-corrected chi connectivity index (χ3v) is 2.17. The van der Waals surface area contributed by atoms with Crippen LogP contribution >= 0.6 is 0 Å². The summed E-state index contributed by atoms with van der Waals surface area (Å²) in [5.74, 6) is 0. The number of aliphatic hydroxyl groups excluding tert-OH is 2. The first-order valence-electron chi connectivity index (χ1n) is 4.84. The molecule has 0 unspecified atom stereocenters. The number of hydrogen-bond donors (Lipinski definition) is 2. The van der Waals surface area contributed by atoms with Crippen molar-refractivity contribution in [1.82, 2.24) is 0 Å². The molecule has 0 aromatic heterocycles. The Balaban J connectivity index is 2.16. The Morgan fingerprint density at radius 2 is 2.31 bits per heavy atom. The van der Waals surface area contributed by atoms with Crippen molar-refractivity contribution in [3.05, 3.63) is 0 Å². The van der Waals surface area contributed by atoms with E-state index in [0.717, 1.165) is 12.8 Å². The van der Waals surface area contributed by atoms with E-state index in [4.69, 9.17) is 14.6 Å². The molecule has 0 amide bonds. The Hall–Kier alpha value is -0.160. The second-order valence-corrected chi connectivity index (χ2v) is 3.31. The highest BCUT2D eigenvalue weighted by Crippen LogP contribution is 2.21. The SMILES string of the molecule is CCCCO[C@H]1C[C@H](O)[C@@H](CO)O1. The van der Waals surface area contributed by atoms with E-state index in [2.05, 4.69) is 6.92 Å². The second-order valence-electron chi connectivity index (χ2n) is 3.31. The van der Waals surface area contributed by atoms with Gasteiger partial charge in [0.25, 0.3) is 0 Å². The van der Waals surface area contributed by atoms with Crippen molar-refractivity contribution in [1.29, 1.82) is 0 Å². The van der Waals surface area contributed by atoms with Gasteiger partial charge < -0.3 is 19.7 Å². The van der Waals surface area contributed by atoms with Gasteiger partial charge in [0.15, 0.2) is 6.29 Å². The Kier molecular flexibility index (Phi) is 4.66. The summed E-state index contributed by atoms with van der Waals surface area (Å²) in [5.41, 5.74) is 0. The Bertz CT molecular complexity index is 140. The van der Waals surface area contributed by atoms with Gasteiger partial charge in [0, 0.05) is 13.0 Å². The normalized spacial score (nSPS) is 33.9. The van der Waals surface area contributed by atoms with Gasteiger partial charge in [-0.3, -0.25) is 0 Å². The van der Waals surface area contributed by atoms with Crippen LogP contribution in [-0.2, 0) is 9.47 Å². The fourth-order valence-electron chi connectivity index (χ4n) is 1.32. The van der Waals surface area contributed by atoms with Crippen LogP contribution in [0.4, 0.5) is 0 Å². The minimum Gasteiger partial charge on any atom is -0.394 e. The first-order valence-corrected chi connectivity index (χ1v) is 4.84. The zero-order chi connectivity index (χ0) is 9.68. The smallest absolute Gasteiger partial charge is 0.160 e. The maximum Gasteiger partial charge on any atom is 0.160 e. The highest BCUT2D eigenvalue weighted by Gasteiger charge is 2.33. The van der Waals surface area contributed by atoms with Crippen molar-refractivity contribution in [2.24, 2.45) is 0 Å². The maximum atomic E-state index is 9.35. The van der Waals surface area contributed by atoms with E-state index in [1.54, 1.807) is 0 Å². The summed E-state index contributed by atoms with van der Waals surface area (Å²) in [5, 5.41) is 18.1. The lowest BCUT2D eigenvalue weighted by molar-refractivity contribution is -0.143. The summed E-state index contributed by atoms with van der Waals surface area (Å²) in [6.45, 7) is 2.60. The molecule has 1 fully saturated rings. The van der Waals surface area contributed by atoms with E-state index >= 15 is 0 Å². The van der Waals surface area contributed by atoms with Gasteiger partial charge in [-0.2, -0.15) is 0 Å². The van der Waals surface area contributed by atoms with Crippen LogP contribution in [0.5, 0.6) is 0 Å². The summed E-state index contributed by atoms with van der Waals surface area (Å²) >= 11 is 0. The van der Waals surface area contributed by atoms with E-state index in [0.29, 0.717) is 13.0 Å². The van der Waals surface area contributed by atoms with Gasteiger partial charge >= 0.3 is 0 Å². The van der Waals surface area contributed by atoms with Gasteiger partial charge in [0.2, 0.25) is 0 Å². The molecule has 0 aromatic carbocycles. The zero-order valence-electron chi connectivity index (χ0n) is 7.98. The van der Waals surface area contributed by atoms with Crippen LogP contribution < -0.4 is 0 Å². The molecule has 1 aliphatic heterocycles. The van der Waals surface area contributed by atoms with Gasteiger partial charge in [-0.25, -0.2) is 0 Å². The van der Waals surface area contributed by atoms with Gasteiger partial charge in [0.05, 0.1) is 12.7 Å². The third kappa shape index (κ3) is 3.23. The molecule has 13 heavy (non-hydrogen) atoms. The average Bonchev–Trinajstić information content (AvgIpc) is 2.47. The van der Waals surface area contributed by atoms with Crippen LogP contribution in [0.25, 0.3) is 0 Å². The molecule has 1 saturated heterocycles. The molecule has 0 bridgehead atoms. The van der Waals surface area contributed by atoms with E-state index in [1.807, 2.05) is 0 Å². The van der Waals surface area contributed by atoms with Crippen molar-refractivity contribution in [2.75, 3.05) is 13.2 Å². The quantitative estimate of drug-likeness (QED) is 0.611. The molecule has 0 aromatic rings. The third-order valence-electron chi connectivity index (χ3n) is 2.17. The van der Waals surface area contributed by atoms with Gasteiger partial charge in [0.1, 0.15) is 6.10 Å². The average molecular weight is 190 g/mol. The fourth-order valence-corrected chi connectivity index (χ4v) is 1.32. The highest BCUT2D eigenvalue weighted by molar-refractivity contribution is 4.77. The lowest BCUT2D eigenvalue weighted by atomic mass is 10.2. The maximum absolute atomic E-state index is 9.35. The highest BCUT2D eigenvalue weighted by atomic mass is 16.7. The molecule has 1 rings (SSSR count). The minimum atomic E-state index is -0.586. The van der Waals surface area contributed by atoms with Crippen LogP contribution in [0.1, 0.15) is 26.2 Å². The number of unbranched alkanes of at least 4 members (excludes halogenated alkanes) is 1. The standard InChI is InChI=1S/C9H18O4/c1-2-3-4-12-9-5-7(11)8(6-10)13-9/h7-11H,2-6H2,1H3/t7-,8+,9+/m0/s1. The molecule has 3 atom stereocenters. The molecular formula is C9H18O4. The van der Waals surface area contributed by atoms with Crippen molar-refractivity contribution in [3.63, 3.8) is 0 Å². The molecule has 2 N–H and O–H groups in total. The van der Waals surface area contributed by atoms with Crippen LogP contribution in [0.2, 0.25) is 0 Å². The van der Waals surface area contributed by atoms with Gasteiger partial charge in [-0.05, 0) is 6.42 Å². The van der Waals surface area contributed by atoms with Crippen LogP contribution in [-0.4, -0.2) is 41.9 Å². The first-order chi connectivity index (χ1) is 6.27. The van der Waals surface area contributed by atoms with E-state index in [1.165, 1.54) is 0 Å². The number of rotatable bonds is 5. The van der Waals surface area contributed by atoms with Crippen molar-refractivity contribution < 1.29 is 19.7 Å². The monoisotopic (exact) mass is 190 g/mol. The summed E-state index contributed by atoms with van der Waals surface area (Å²) in [7, 11) is 0. The summed E-state index contributed by atoms with van der Waals surface area (Å²) in [6, 6.07) is 0. The van der Waals surface area contributed by atoms with Crippen molar-refractivity contribution in [2.45, 2.75) is 44.7 Å². The predicted molar refractivity (Wildman–Crippen MR) is 47.2 cm³/mol. The van der Waals surface area contributed by atoms with E-state index < -0.39 is 12.2 Å². The van der Waals surface area contributed by atoms with E-state index in [9.17, 15) is 5.11 Å². The van der Waals surface area contributed by atoms with Crippen LogP contribution in [0.3, 0.4) is 0 Å². The molecular weight excluding hydrogens is 172 g/mol. The predicted octanol–water partition coefficient (Wildman–Crippen LogP) is 0.271. The zero-order valence-corrected chi connectivity index (χ0v) is 7.98. The first kappa shape index (κ1) is 10.9. The van der Waals surface area contributed by atoms with Gasteiger partial charge in [-0.15, -0.1) is 0 Å². The topological polar surface area (TPSA) is 58.9 Å². The second kappa shape index (κ2) is 5.54. The summed E-state index contributed by atoms with van der Waals surface area (Å²) < 4.78 is 10.6. The number of hydrogen-bond acceptors (Lipinski definition) is 4. The number of aliphatic hydroxyl groups is 2. The molecule has 0 aliphatic carbocycles. The lowest BCUT2D eigenvalue weighted by Gasteiger charge is -2.12.